The number of carbonyl (C=O) groups excluding carboxylic acids is 1. The Bertz CT molecular complexity index is 855. The van der Waals surface area contributed by atoms with E-state index in [1.54, 1.807) is 6.07 Å². The van der Waals surface area contributed by atoms with E-state index in [9.17, 15) is 4.79 Å². The first-order valence-corrected chi connectivity index (χ1v) is 8.49. The zero-order valence-corrected chi connectivity index (χ0v) is 16.3. The second-order valence-corrected chi connectivity index (χ2v) is 6.03. The van der Waals surface area contributed by atoms with Crippen LogP contribution >= 0.6 is 0 Å². The van der Waals surface area contributed by atoms with E-state index in [2.05, 4.69) is 10.3 Å². The molecule has 0 bridgehead atoms. The molecule has 0 aliphatic rings. The molecule has 2 aromatic rings. The van der Waals surface area contributed by atoms with Crippen molar-refractivity contribution in [2.24, 2.45) is 10.3 Å². The average molecular weight is 368 g/mol. The third-order valence-corrected chi connectivity index (χ3v) is 4.11. The van der Waals surface area contributed by atoms with Gasteiger partial charge in [0.15, 0.2) is 5.71 Å². The summed E-state index contributed by atoms with van der Waals surface area (Å²) in [7, 11) is 2.68. The maximum absolute atomic E-state index is 12.1. The molecular weight excluding hydrogens is 344 g/mol. The fourth-order valence-electron chi connectivity index (χ4n) is 2.54. The summed E-state index contributed by atoms with van der Waals surface area (Å²) < 4.78 is 4.81. The molecular formula is C21H24N2O4. The quantitative estimate of drug-likeness (QED) is 0.424. The highest BCUT2D eigenvalue weighted by Gasteiger charge is 2.20. The molecule has 0 amide bonds. The second-order valence-electron chi connectivity index (χ2n) is 6.03. The monoisotopic (exact) mass is 368 g/mol. The van der Waals surface area contributed by atoms with E-state index in [1.165, 1.54) is 19.8 Å². The first-order chi connectivity index (χ1) is 13.0. The Kier molecular flexibility index (Phi) is 7.11. The highest BCUT2D eigenvalue weighted by molar-refractivity contribution is 6.43. The highest BCUT2D eigenvalue weighted by atomic mass is 16.6. The minimum Gasteiger partial charge on any atom is -0.464 e. The van der Waals surface area contributed by atoms with Crippen LogP contribution in [-0.4, -0.2) is 31.6 Å². The number of aryl methyl sites for hydroxylation is 2. The first kappa shape index (κ1) is 20.2. The van der Waals surface area contributed by atoms with Gasteiger partial charge in [0.25, 0.3) is 0 Å². The molecule has 0 radical (unpaired) electrons. The molecule has 0 atom stereocenters. The van der Waals surface area contributed by atoms with Crippen molar-refractivity contribution < 1.29 is 19.2 Å². The van der Waals surface area contributed by atoms with Crippen LogP contribution in [0.1, 0.15) is 34.7 Å². The number of esters is 1. The van der Waals surface area contributed by atoms with Gasteiger partial charge in [-0.1, -0.05) is 58.3 Å². The van der Waals surface area contributed by atoms with Crippen LogP contribution in [0.2, 0.25) is 0 Å². The van der Waals surface area contributed by atoms with Crippen LogP contribution in [0.25, 0.3) is 0 Å². The Morgan fingerprint density at radius 2 is 1.70 bits per heavy atom. The first-order valence-electron chi connectivity index (χ1n) is 8.49. The zero-order valence-electron chi connectivity index (χ0n) is 16.3. The Morgan fingerprint density at radius 1 is 1.00 bits per heavy atom. The topological polar surface area (TPSA) is 69.5 Å². The number of carbonyl (C=O) groups is 1. The number of benzene rings is 2. The second kappa shape index (κ2) is 9.52. The molecule has 142 valence electrons. The molecule has 2 rings (SSSR count). The molecule has 0 aliphatic heterocycles. The van der Waals surface area contributed by atoms with Crippen LogP contribution in [0, 0.1) is 13.8 Å². The van der Waals surface area contributed by atoms with E-state index < -0.39 is 5.97 Å². The molecule has 0 spiro atoms. The van der Waals surface area contributed by atoms with E-state index in [1.807, 2.05) is 57.2 Å². The zero-order chi connectivity index (χ0) is 19.8. The minimum absolute atomic E-state index is 0.0848. The lowest BCUT2D eigenvalue weighted by Crippen LogP contribution is -2.20. The minimum atomic E-state index is -0.581. The summed E-state index contributed by atoms with van der Waals surface area (Å²) in [5.41, 5.74) is 5.35. The molecule has 0 N–H and O–H groups in total. The van der Waals surface area contributed by atoms with E-state index in [4.69, 9.17) is 14.4 Å². The molecule has 0 saturated carbocycles. The Hall–Kier alpha value is -3.15. The SMILES string of the molecule is CO/N=C(/C(=O)OC)c1cccc(C)c1CO/N=C(\C)c1ccc(C)cc1. The Balaban J connectivity index is 2.26. The van der Waals surface area contributed by atoms with Gasteiger partial charge in [0.05, 0.1) is 12.8 Å². The van der Waals surface area contributed by atoms with Crippen molar-refractivity contribution in [2.75, 3.05) is 14.2 Å². The molecule has 0 fully saturated rings. The van der Waals surface area contributed by atoms with Gasteiger partial charge >= 0.3 is 5.97 Å². The molecule has 0 aromatic heterocycles. The molecule has 27 heavy (non-hydrogen) atoms. The fourth-order valence-corrected chi connectivity index (χ4v) is 2.54. The van der Waals surface area contributed by atoms with Gasteiger partial charge in [0.2, 0.25) is 0 Å². The lowest BCUT2D eigenvalue weighted by Gasteiger charge is -2.12. The number of rotatable bonds is 7. The van der Waals surface area contributed by atoms with Crippen LogP contribution in [0.4, 0.5) is 0 Å². The standard InChI is InChI=1S/C21H24N2O4/c1-14-9-11-17(12-10-14)16(3)22-27-13-19-15(2)7-6-8-18(19)20(23-26-5)21(24)25-4/h6-12H,13H2,1-5H3/b22-16+,23-20+. The van der Waals surface area contributed by atoms with E-state index >= 15 is 0 Å². The van der Waals surface area contributed by atoms with Crippen LogP contribution in [0.15, 0.2) is 52.8 Å². The van der Waals surface area contributed by atoms with Gasteiger partial charge in [0, 0.05) is 11.1 Å². The van der Waals surface area contributed by atoms with Gasteiger partial charge in [-0.05, 0) is 31.9 Å². The maximum atomic E-state index is 12.1. The Morgan fingerprint density at radius 3 is 2.33 bits per heavy atom. The lowest BCUT2D eigenvalue weighted by atomic mass is 9.99. The molecule has 6 heteroatoms. The Labute approximate surface area is 159 Å². The van der Waals surface area contributed by atoms with Crippen molar-refractivity contribution in [2.45, 2.75) is 27.4 Å². The van der Waals surface area contributed by atoms with Gasteiger partial charge in [-0.3, -0.25) is 0 Å². The normalized spacial score (nSPS) is 11.9. The van der Waals surface area contributed by atoms with Crippen LogP contribution < -0.4 is 0 Å². The maximum Gasteiger partial charge on any atom is 0.360 e. The molecule has 0 aliphatic carbocycles. The van der Waals surface area contributed by atoms with Crippen LogP contribution in [-0.2, 0) is 25.8 Å². The summed E-state index contributed by atoms with van der Waals surface area (Å²) in [6, 6.07) is 13.6. The van der Waals surface area contributed by atoms with Gasteiger partial charge < -0.3 is 14.4 Å². The summed E-state index contributed by atoms with van der Waals surface area (Å²) in [6.07, 6.45) is 0. The third kappa shape index (κ3) is 5.17. The number of hydrogen-bond donors (Lipinski definition) is 0. The van der Waals surface area contributed by atoms with Crippen molar-refractivity contribution in [1.82, 2.24) is 0 Å². The lowest BCUT2D eigenvalue weighted by molar-refractivity contribution is -0.132. The van der Waals surface area contributed by atoms with Gasteiger partial charge in [-0.2, -0.15) is 0 Å². The van der Waals surface area contributed by atoms with Crippen molar-refractivity contribution in [3.63, 3.8) is 0 Å². The summed E-state index contributed by atoms with van der Waals surface area (Å²) >= 11 is 0. The smallest absolute Gasteiger partial charge is 0.360 e. The molecule has 6 nitrogen and oxygen atoms in total. The van der Waals surface area contributed by atoms with Crippen LogP contribution in [0.3, 0.4) is 0 Å². The molecule has 0 saturated heterocycles. The third-order valence-electron chi connectivity index (χ3n) is 4.11. The van der Waals surface area contributed by atoms with E-state index in [0.717, 1.165) is 22.4 Å². The van der Waals surface area contributed by atoms with E-state index in [-0.39, 0.29) is 12.3 Å². The van der Waals surface area contributed by atoms with Gasteiger partial charge in [-0.15, -0.1) is 0 Å². The highest BCUT2D eigenvalue weighted by Crippen LogP contribution is 2.18. The number of oxime groups is 2. The number of hydrogen-bond acceptors (Lipinski definition) is 6. The predicted octanol–water partition coefficient (Wildman–Crippen LogP) is 3.77. The summed E-state index contributed by atoms with van der Waals surface area (Å²) in [5.74, 6) is -0.581. The molecule has 0 unspecified atom stereocenters. The summed E-state index contributed by atoms with van der Waals surface area (Å²) in [6.45, 7) is 6.04. The summed E-state index contributed by atoms with van der Waals surface area (Å²) in [4.78, 5) is 22.4. The van der Waals surface area contributed by atoms with Crippen molar-refractivity contribution in [1.29, 1.82) is 0 Å². The van der Waals surface area contributed by atoms with Gasteiger partial charge in [0.1, 0.15) is 13.7 Å². The van der Waals surface area contributed by atoms with Crippen molar-refractivity contribution in [3.05, 3.63) is 70.3 Å². The van der Waals surface area contributed by atoms with Gasteiger partial charge in [-0.25, -0.2) is 4.79 Å². The number of methoxy groups -OCH3 is 1. The fraction of sp³-hybridized carbons (Fsp3) is 0.286. The largest absolute Gasteiger partial charge is 0.464 e. The van der Waals surface area contributed by atoms with Crippen molar-refractivity contribution in [3.8, 4) is 0 Å². The summed E-state index contributed by atoms with van der Waals surface area (Å²) in [5, 5.41) is 8.02. The molecule has 0 heterocycles. The average Bonchev–Trinajstić information content (AvgIpc) is 2.67. The van der Waals surface area contributed by atoms with Crippen LogP contribution in [0.5, 0.6) is 0 Å². The number of ether oxygens (including phenoxy) is 1. The van der Waals surface area contributed by atoms with Crippen molar-refractivity contribution >= 4 is 17.4 Å². The predicted molar refractivity (Wildman–Crippen MR) is 105 cm³/mol. The molecule has 2 aromatic carbocycles. The number of nitrogens with zero attached hydrogens (tertiary/aromatic N) is 2. The van der Waals surface area contributed by atoms with E-state index in [0.29, 0.717) is 5.56 Å².